The Hall–Kier alpha value is -2.03. The van der Waals surface area contributed by atoms with Crippen LogP contribution in [0.2, 0.25) is 0 Å². The molecule has 0 spiro atoms. The lowest BCUT2D eigenvalue weighted by Crippen LogP contribution is -2.42. The third-order valence-corrected chi connectivity index (χ3v) is 3.07. The molecule has 0 fully saturated rings. The molecule has 16 heavy (non-hydrogen) atoms. The number of ketones is 1. The van der Waals surface area contributed by atoms with Gasteiger partial charge in [0.2, 0.25) is 0 Å². The highest BCUT2D eigenvalue weighted by Crippen LogP contribution is 2.37. The maximum Gasteiger partial charge on any atom is 0.187 e. The molecule has 1 aromatic rings. The van der Waals surface area contributed by atoms with Crippen molar-refractivity contribution >= 4 is 11.5 Å². The standard InChI is InChI=1S/C13H11NO2/c1-13-6-2-3-7-14(13)10(9-12(13)15)11-5-4-8-16-11/h2-9H,1H3. The number of hydrogen-bond donors (Lipinski definition) is 0. The summed E-state index contributed by atoms with van der Waals surface area (Å²) in [4.78, 5) is 13.9. The predicted molar refractivity (Wildman–Crippen MR) is 60.2 cm³/mol. The van der Waals surface area contributed by atoms with E-state index in [9.17, 15) is 4.79 Å². The largest absolute Gasteiger partial charge is 0.463 e. The van der Waals surface area contributed by atoms with Crippen molar-refractivity contribution in [2.75, 3.05) is 0 Å². The summed E-state index contributed by atoms with van der Waals surface area (Å²) in [5, 5.41) is 0. The molecule has 2 aliphatic rings. The van der Waals surface area contributed by atoms with Gasteiger partial charge in [0, 0.05) is 12.3 Å². The predicted octanol–water partition coefficient (Wildman–Crippen LogP) is 2.35. The lowest BCUT2D eigenvalue weighted by molar-refractivity contribution is -0.119. The van der Waals surface area contributed by atoms with E-state index in [0.29, 0.717) is 0 Å². The van der Waals surface area contributed by atoms with Crippen molar-refractivity contribution in [3.8, 4) is 0 Å². The van der Waals surface area contributed by atoms with E-state index in [4.69, 9.17) is 4.42 Å². The van der Waals surface area contributed by atoms with Crippen molar-refractivity contribution in [3.05, 3.63) is 54.7 Å². The summed E-state index contributed by atoms with van der Waals surface area (Å²) in [6.45, 7) is 1.90. The molecule has 3 heterocycles. The summed E-state index contributed by atoms with van der Waals surface area (Å²) >= 11 is 0. The minimum Gasteiger partial charge on any atom is -0.463 e. The number of allylic oxidation sites excluding steroid dienone is 2. The van der Waals surface area contributed by atoms with E-state index in [1.165, 1.54) is 0 Å². The molecule has 0 N–H and O–H groups in total. The van der Waals surface area contributed by atoms with Crippen molar-refractivity contribution in [1.82, 2.24) is 4.90 Å². The van der Waals surface area contributed by atoms with Crippen LogP contribution in [0.3, 0.4) is 0 Å². The topological polar surface area (TPSA) is 33.5 Å². The highest BCUT2D eigenvalue weighted by atomic mass is 16.3. The Balaban J connectivity index is 2.10. The van der Waals surface area contributed by atoms with Crippen LogP contribution >= 0.6 is 0 Å². The first kappa shape index (κ1) is 9.21. The fourth-order valence-corrected chi connectivity index (χ4v) is 2.10. The van der Waals surface area contributed by atoms with Crippen LogP contribution in [0.15, 0.2) is 53.3 Å². The molecule has 1 unspecified atom stereocenters. The summed E-state index contributed by atoms with van der Waals surface area (Å²) in [6, 6.07) is 3.68. The Morgan fingerprint density at radius 3 is 3.00 bits per heavy atom. The minimum absolute atomic E-state index is 0.0829. The summed E-state index contributed by atoms with van der Waals surface area (Å²) in [7, 11) is 0. The summed E-state index contributed by atoms with van der Waals surface area (Å²) in [5.74, 6) is 0.802. The van der Waals surface area contributed by atoms with Gasteiger partial charge in [0.25, 0.3) is 0 Å². The maximum atomic E-state index is 12.0. The van der Waals surface area contributed by atoms with Crippen molar-refractivity contribution in [2.45, 2.75) is 12.5 Å². The number of rotatable bonds is 1. The Labute approximate surface area is 93.4 Å². The molecule has 2 aliphatic heterocycles. The highest BCUT2D eigenvalue weighted by Gasteiger charge is 2.43. The van der Waals surface area contributed by atoms with E-state index < -0.39 is 5.54 Å². The first-order valence-corrected chi connectivity index (χ1v) is 5.17. The van der Waals surface area contributed by atoms with Gasteiger partial charge in [-0.05, 0) is 25.1 Å². The number of carbonyl (C=O) groups excluding carboxylic acids is 1. The molecule has 1 aromatic heterocycles. The van der Waals surface area contributed by atoms with Gasteiger partial charge in [-0.3, -0.25) is 4.79 Å². The van der Waals surface area contributed by atoms with Crippen LogP contribution in [0.4, 0.5) is 0 Å². The fraction of sp³-hybridized carbons (Fsp3) is 0.154. The smallest absolute Gasteiger partial charge is 0.187 e. The second-order valence-corrected chi connectivity index (χ2v) is 4.09. The van der Waals surface area contributed by atoms with Gasteiger partial charge in [0.05, 0.1) is 12.0 Å². The summed E-state index contributed by atoms with van der Waals surface area (Å²) < 4.78 is 5.34. The summed E-state index contributed by atoms with van der Waals surface area (Å²) in [6.07, 6.45) is 10.9. The van der Waals surface area contributed by atoms with Crippen LogP contribution in [0.25, 0.3) is 5.70 Å². The second-order valence-electron chi connectivity index (χ2n) is 4.09. The van der Waals surface area contributed by atoms with Gasteiger partial charge in [-0.25, -0.2) is 0 Å². The third-order valence-electron chi connectivity index (χ3n) is 3.07. The Morgan fingerprint density at radius 2 is 2.25 bits per heavy atom. The molecule has 0 aliphatic carbocycles. The first-order valence-electron chi connectivity index (χ1n) is 5.17. The van der Waals surface area contributed by atoms with Gasteiger partial charge in [0.1, 0.15) is 11.3 Å². The van der Waals surface area contributed by atoms with Crippen LogP contribution in [-0.4, -0.2) is 16.2 Å². The lowest BCUT2D eigenvalue weighted by atomic mass is 9.95. The molecule has 0 radical (unpaired) electrons. The van der Waals surface area contributed by atoms with E-state index in [1.807, 2.05) is 48.4 Å². The monoisotopic (exact) mass is 213 g/mol. The van der Waals surface area contributed by atoms with Crippen LogP contribution in [-0.2, 0) is 4.79 Å². The van der Waals surface area contributed by atoms with E-state index in [2.05, 4.69) is 0 Å². The molecule has 0 saturated carbocycles. The van der Waals surface area contributed by atoms with Crippen LogP contribution in [0.1, 0.15) is 12.7 Å². The Kier molecular flexibility index (Phi) is 1.72. The van der Waals surface area contributed by atoms with E-state index in [0.717, 1.165) is 11.5 Å². The zero-order valence-electron chi connectivity index (χ0n) is 8.88. The van der Waals surface area contributed by atoms with Crippen molar-refractivity contribution in [1.29, 1.82) is 0 Å². The van der Waals surface area contributed by atoms with Gasteiger partial charge in [-0.15, -0.1) is 0 Å². The average Bonchev–Trinajstić information content (AvgIpc) is 2.86. The van der Waals surface area contributed by atoms with Gasteiger partial charge in [-0.2, -0.15) is 0 Å². The molecule has 0 saturated heterocycles. The zero-order valence-corrected chi connectivity index (χ0v) is 8.88. The molecular formula is C13H11NO2. The zero-order chi connectivity index (χ0) is 11.2. The quantitative estimate of drug-likeness (QED) is 0.718. The second kappa shape index (κ2) is 2.98. The molecule has 1 atom stereocenters. The first-order chi connectivity index (χ1) is 7.72. The van der Waals surface area contributed by atoms with Crippen molar-refractivity contribution in [2.24, 2.45) is 0 Å². The highest BCUT2D eigenvalue weighted by molar-refractivity contribution is 6.09. The van der Waals surface area contributed by atoms with Crippen LogP contribution in [0, 0.1) is 0 Å². The SMILES string of the molecule is CC12C=CC=CN1C(c1ccco1)=CC2=O. The van der Waals surface area contributed by atoms with Crippen molar-refractivity contribution in [3.63, 3.8) is 0 Å². The fourth-order valence-electron chi connectivity index (χ4n) is 2.10. The van der Waals surface area contributed by atoms with Crippen LogP contribution in [0.5, 0.6) is 0 Å². The summed E-state index contributed by atoms with van der Waals surface area (Å²) in [5.41, 5.74) is 0.231. The number of nitrogens with zero attached hydrogens (tertiary/aromatic N) is 1. The molecule has 3 nitrogen and oxygen atoms in total. The van der Waals surface area contributed by atoms with Gasteiger partial charge < -0.3 is 9.32 Å². The van der Waals surface area contributed by atoms with E-state index >= 15 is 0 Å². The number of fused-ring (bicyclic) bond motifs is 1. The van der Waals surface area contributed by atoms with Gasteiger partial charge in [-0.1, -0.05) is 12.2 Å². The van der Waals surface area contributed by atoms with Gasteiger partial charge >= 0.3 is 0 Å². The Bertz CT molecular complexity index is 522. The van der Waals surface area contributed by atoms with E-state index in [1.54, 1.807) is 12.3 Å². The third kappa shape index (κ3) is 1.05. The molecule has 3 heteroatoms. The number of carbonyl (C=O) groups is 1. The molecule has 0 bridgehead atoms. The molecule has 3 rings (SSSR count). The molecule has 80 valence electrons. The van der Waals surface area contributed by atoms with E-state index in [-0.39, 0.29) is 5.78 Å². The Morgan fingerprint density at radius 1 is 1.38 bits per heavy atom. The average molecular weight is 213 g/mol. The maximum absolute atomic E-state index is 12.0. The molecule has 0 amide bonds. The van der Waals surface area contributed by atoms with Gasteiger partial charge in [0.15, 0.2) is 5.78 Å². The van der Waals surface area contributed by atoms with Crippen LogP contribution < -0.4 is 0 Å². The molecule has 0 aromatic carbocycles. The number of furan rings is 1. The van der Waals surface area contributed by atoms with Crippen molar-refractivity contribution < 1.29 is 9.21 Å². The minimum atomic E-state index is -0.586. The molecular weight excluding hydrogens is 202 g/mol. The normalized spacial score (nSPS) is 27.2. The lowest BCUT2D eigenvalue weighted by Gasteiger charge is -2.33. The number of hydrogen-bond acceptors (Lipinski definition) is 3.